The molecule has 0 saturated heterocycles. The lowest BCUT2D eigenvalue weighted by molar-refractivity contribution is -0.136. The summed E-state index contributed by atoms with van der Waals surface area (Å²) in [5, 5.41) is 11.3. The summed E-state index contributed by atoms with van der Waals surface area (Å²) < 4.78 is 6.27. The molecule has 2 aromatic rings. The average molecular weight is 336 g/mol. The number of nitriles is 1. The van der Waals surface area contributed by atoms with Crippen LogP contribution in [0.3, 0.4) is 0 Å². The van der Waals surface area contributed by atoms with Gasteiger partial charge in [0.25, 0.3) is 0 Å². The molecule has 0 fully saturated rings. The molecule has 0 aliphatic rings. The van der Waals surface area contributed by atoms with Crippen molar-refractivity contribution in [2.45, 2.75) is 32.5 Å². The van der Waals surface area contributed by atoms with Gasteiger partial charge in [0.1, 0.15) is 18.8 Å². The number of carbonyl (C=O) groups excluding carboxylic acids is 1. The fourth-order valence-electron chi connectivity index (χ4n) is 2.66. The highest BCUT2D eigenvalue weighted by molar-refractivity contribution is 5.81. The molecule has 0 aliphatic heterocycles. The standard InChI is InChI=1S/C21H24N2O2/c1-16(2)15-19(21(24)23-14-13-22)25-20(17-9-5-3-6-10-17)18-11-7-4-8-12-18/h3-12,16,19-20H,14-15H2,1-2H3,(H,23,24)/t19-/m0/s1. The molecule has 0 bridgehead atoms. The Labute approximate surface area is 149 Å². The van der Waals surface area contributed by atoms with Crippen molar-refractivity contribution in [3.63, 3.8) is 0 Å². The second-order valence-electron chi connectivity index (χ2n) is 6.33. The van der Waals surface area contributed by atoms with Gasteiger partial charge in [-0.05, 0) is 23.5 Å². The van der Waals surface area contributed by atoms with Crippen LogP contribution in [-0.2, 0) is 9.53 Å². The molecular weight excluding hydrogens is 312 g/mol. The first kappa shape index (κ1) is 18.7. The van der Waals surface area contributed by atoms with E-state index in [0.717, 1.165) is 11.1 Å². The summed E-state index contributed by atoms with van der Waals surface area (Å²) in [6.07, 6.45) is -0.356. The monoisotopic (exact) mass is 336 g/mol. The second-order valence-corrected chi connectivity index (χ2v) is 6.33. The van der Waals surface area contributed by atoms with Crippen molar-refractivity contribution in [2.75, 3.05) is 6.54 Å². The van der Waals surface area contributed by atoms with Gasteiger partial charge >= 0.3 is 0 Å². The third kappa shape index (κ3) is 5.74. The van der Waals surface area contributed by atoms with Crippen LogP contribution in [0.5, 0.6) is 0 Å². The van der Waals surface area contributed by atoms with E-state index >= 15 is 0 Å². The fraction of sp³-hybridized carbons (Fsp3) is 0.333. The van der Waals surface area contributed by atoms with Crippen molar-refractivity contribution in [1.82, 2.24) is 5.32 Å². The first-order chi connectivity index (χ1) is 12.1. The van der Waals surface area contributed by atoms with Gasteiger partial charge in [-0.2, -0.15) is 5.26 Å². The maximum atomic E-state index is 12.4. The molecule has 0 radical (unpaired) electrons. The van der Waals surface area contributed by atoms with E-state index in [1.54, 1.807) is 0 Å². The zero-order valence-electron chi connectivity index (χ0n) is 14.7. The Balaban J connectivity index is 2.29. The number of hydrogen-bond donors (Lipinski definition) is 1. The van der Waals surface area contributed by atoms with Gasteiger partial charge in [0.05, 0.1) is 6.07 Å². The Kier molecular flexibility index (Phi) is 7.18. The van der Waals surface area contributed by atoms with Gasteiger partial charge in [0, 0.05) is 0 Å². The van der Waals surface area contributed by atoms with Gasteiger partial charge in [-0.15, -0.1) is 0 Å². The quantitative estimate of drug-likeness (QED) is 0.745. The Morgan fingerprint density at radius 2 is 1.56 bits per heavy atom. The molecule has 1 atom stereocenters. The fourth-order valence-corrected chi connectivity index (χ4v) is 2.66. The highest BCUT2D eigenvalue weighted by Crippen LogP contribution is 2.28. The van der Waals surface area contributed by atoms with E-state index in [1.807, 2.05) is 80.6 Å². The van der Waals surface area contributed by atoms with E-state index < -0.39 is 6.10 Å². The zero-order chi connectivity index (χ0) is 18.1. The molecule has 0 unspecified atom stereocenters. The third-order valence-electron chi connectivity index (χ3n) is 3.82. The number of carbonyl (C=O) groups is 1. The Hall–Kier alpha value is -2.64. The second kappa shape index (κ2) is 9.61. The number of ether oxygens (including phenoxy) is 1. The minimum Gasteiger partial charge on any atom is -0.356 e. The first-order valence-electron chi connectivity index (χ1n) is 8.51. The lowest BCUT2D eigenvalue weighted by Crippen LogP contribution is -2.38. The number of amides is 1. The SMILES string of the molecule is CC(C)C[C@H](OC(c1ccccc1)c1ccccc1)C(=O)NCC#N. The molecule has 25 heavy (non-hydrogen) atoms. The maximum absolute atomic E-state index is 12.4. The number of nitrogens with zero attached hydrogens (tertiary/aromatic N) is 1. The van der Waals surface area contributed by atoms with E-state index in [0.29, 0.717) is 12.3 Å². The van der Waals surface area contributed by atoms with Crippen LogP contribution in [0, 0.1) is 17.2 Å². The van der Waals surface area contributed by atoms with Crippen molar-refractivity contribution in [3.8, 4) is 6.07 Å². The van der Waals surface area contributed by atoms with E-state index in [2.05, 4.69) is 5.32 Å². The lowest BCUT2D eigenvalue weighted by Gasteiger charge is -2.26. The predicted octanol–water partition coefficient (Wildman–Crippen LogP) is 3.85. The summed E-state index contributed by atoms with van der Waals surface area (Å²) in [5.41, 5.74) is 1.99. The molecule has 4 heteroatoms. The molecule has 0 saturated carbocycles. The number of hydrogen-bond acceptors (Lipinski definition) is 3. The van der Waals surface area contributed by atoms with Crippen molar-refractivity contribution < 1.29 is 9.53 Å². The van der Waals surface area contributed by atoms with Crippen LogP contribution in [0.15, 0.2) is 60.7 Å². The van der Waals surface area contributed by atoms with Gasteiger partial charge in [0.2, 0.25) is 5.91 Å². The molecule has 0 spiro atoms. The van der Waals surface area contributed by atoms with E-state index in [4.69, 9.17) is 10.00 Å². The number of benzene rings is 2. The van der Waals surface area contributed by atoms with Crippen molar-refractivity contribution in [1.29, 1.82) is 5.26 Å². The number of nitrogens with one attached hydrogen (secondary N) is 1. The molecular formula is C21H24N2O2. The first-order valence-corrected chi connectivity index (χ1v) is 8.51. The van der Waals surface area contributed by atoms with Crippen LogP contribution in [-0.4, -0.2) is 18.6 Å². The summed E-state index contributed by atoms with van der Waals surface area (Å²) >= 11 is 0. The van der Waals surface area contributed by atoms with Crippen LogP contribution in [0.25, 0.3) is 0 Å². The van der Waals surface area contributed by atoms with E-state index in [1.165, 1.54) is 0 Å². The molecule has 2 aromatic carbocycles. The molecule has 0 heterocycles. The molecule has 1 N–H and O–H groups in total. The normalized spacial score (nSPS) is 12.0. The van der Waals surface area contributed by atoms with Gasteiger partial charge in [0.15, 0.2) is 0 Å². The summed E-state index contributed by atoms with van der Waals surface area (Å²) in [5.74, 6) is 0.0529. The van der Waals surface area contributed by atoms with Gasteiger partial charge < -0.3 is 10.1 Å². The zero-order valence-corrected chi connectivity index (χ0v) is 14.7. The smallest absolute Gasteiger partial charge is 0.250 e. The lowest BCUT2D eigenvalue weighted by atomic mass is 10.00. The third-order valence-corrected chi connectivity index (χ3v) is 3.82. The Morgan fingerprint density at radius 3 is 2.00 bits per heavy atom. The van der Waals surface area contributed by atoms with Gasteiger partial charge in [-0.3, -0.25) is 4.79 Å². The summed E-state index contributed by atoms with van der Waals surface area (Å²) in [6, 6.07) is 21.7. The molecule has 1 amide bonds. The summed E-state index contributed by atoms with van der Waals surface area (Å²) in [4.78, 5) is 12.4. The van der Waals surface area contributed by atoms with Gasteiger partial charge in [-0.1, -0.05) is 74.5 Å². The van der Waals surface area contributed by atoms with E-state index in [-0.39, 0.29) is 18.6 Å². The van der Waals surface area contributed by atoms with Crippen molar-refractivity contribution in [2.24, 2.45) is 5.92 Å². The topological polar surface area (TPSA) is 62.1 Å². The minimum atomic E-state index is -0.612. The highest BCUT2D eigenvalue weighted by atomic mass is 16.5. The Bertz CT molecular complexity index is 653. The van der Waals surface area contributed by atoms with Crippen LogP contribution in [0.2, 0.25) is 0 Å². The molecule has 0 aromatic heterocycles. The molecule has 0 aliphatic carbocycles. The van der Waals surface area contributed by atoms with Crippen LogP contribution in [0.4, 0.5) is 0 Å². The minimum absolute atomic E-state index is 0.0157. The largest absolute Gasteiger partial charge is 0.356 e. The maximum Gasteiger partial charge on any atom is 0.250 e. The highest BCUT2D eigenvalue weighted by Gasteiger charge is 2.26. The summed E-state index contributed by atoms with van der Waals surface area (Å²) in [6.45, 7) is 4.08. The van der Waals surface area contributed by atoms with Crippen molar-refractivity contribution in [3.05, 3.63) is 71.8 Å². The predicted molar refractivity (Wildman–Crippen MR) is 97.7 cm³/mol. The average Bonchev–Trinajstić information content (AvgIpc) is 2.64. The van der Waals surface area contributed by atoms with Crippen LogP contribution >= 0.6 is 0 Å². The Morgan fingerprint density at radius 1 is 1.04 bits per heavy atom. The van der Waals surface area contributed by atoms with Crippen LogP contribution in [0.1, 0.15) is 37.5 Å². The molecule has 2 rings (SSSR count). The van der Waals surface area contributed by atoms with Crippen molar-refractivity contribution >= 4 is 5.91 Å². The molecule has 4 nitrogen and oxygen atoms in total. The summed E-state index contributed by atoms with van der Waals surface area (Å²) in [7, 11) is 0. The van der Waals surface area contributed by atoms with Gasteiger partial charge in [-0.25, -0.2) is 0 Å². The van der Waals surface area contributed by atoms with Crippen LogP contribution < -0.4 is 5.32 Å². The van der Waals surface area contributed by atoms with E-state index in [9.17, 15) is 4.79 Å². The number of rotatable bonds is 8. The molecule has 130 valence electrons.